The molecule has 3 fully saturated rings. The van der Waals surface area contributed by atoms with Gasteiger partial charge in [-0.1, -0.05) is 37.3 Å². The molecule has 3 aliphatic rings. The first-order valence-electron chi connectivity index (χ1n) is 14.9. The number of thioether (sulfide) groups is 1. The molecule has 2 aromatic rings. The molecule has 9 heteroatoms. The van der Waals surface area contributed by atoms with E-state index in [1.54, 1.807) is 57.9 Å². The lowest BCUT2D eigenvalue weighted by Gasteiger charge is -2.39. The van der Waals surface area contributed by atoms with E-state index in [0.29, 0.717) is 37.2 Å². The van der Waals surface area contributed by atoms with Crippen LogP contribution in [0.25, 0.3) is 0 Å². The van der Waals surface area contributed by atoms with Crippen molar-refractivity contribution >= 4 is 40.9 Å². The molecule has 0 radical (unpaired) electrons. The maximum atomic E-state index is 14.8. The molecule has 6 atom stereocenters. The summed E-state index contributed by atoms with van der Waals surface area (Å²) >= 11 is 1.63. The third-order valence-electron chi connectivity index (χ3n) is 9.40. The largest absolute Gasteiger partial charge is 0.497 e. The zero-order chi connectivity index (χ0) is 30.9. The maximum Gasteiger partial charge on any atom is 0.251 e. The van der Waals surface area contributed by atoms with Gasteiger partial charge >= 0.3 is 0 Å². The van der Waals surface area contributed by atoms with Crippen LogP contribution >= 0.6 is 11.8 Å². The monoisotopic (exact) mass is 603 g/mol. The lowest BCUT2D eigenvalue weighted by Crippen LogP contribution is -2.57. The van der Waals surface area contributed by atoms with Gasteiger partial charge in [0.2, 0.25) is 11.8 Å². The summed E-state index contributed by atoms with van der Waals surface area (Å²) in [6, 6.07) is 15.3. The molecule has 3 saturated heterocycles. The van der Waals surface area contributed by atoms with Gasteiger partial charge in [-0.3, -0.25) is 14.4 Å². The molecule has 2 bridgehead atoms. The van der Waals surface area contributed by atoms with E-state index in [0.717, 1.165) is 5.69 Å². The van der Waals surface area contributed by atoms with E-state index >= 15 is 0 Å². The first-order chi connectivity index (χ1) is 20.7. The van der Waals surface area contributed by atoms with Crippen molar-refractivity contribution in [3.63, 3.8) is 0 Å². The van der Waals surface area contributed by atoms with Crippen molar-refractivity contribution in [1.82, 2.24) is 4.90 Å². The Morgan fingerprint density at radius 3 is 2.21 bits per heavy atom. The third-order valence-corrected chi connectivity index (χ3v) is 11.4. The lowest BCUT2D eigenvalue weighted by molar-refractivity contribution is -0.142. The molecule has 2 unspecified atom stereocenters. The number of aliphatic hydroxyl groups is 1. The number of methoxy groups -OCH3 is 1. The number of para-hydroxylation sites is 1. The number of rotatable bonds is 12. The third kappa shape index (κ3) is 4.96. The summed E-state index contributed by atoms with van der Waals surface area (Å²) in [6.45, 7) is 12.0. The summed E-state index contributed by atoms with van der Waals surface area (Å²) in [6.07, 6.45) is 5.17. The number of carbonyl (C=O) groups is 3. The molecule has 0 aromatic heterocycles. The van der Waals surface area contributed by atoms with Crippen LogP contribution in [0.4, 0.5) is 11.4 Å². The Morgan fingerprint density at radius 2 is 1.65 bits per heavy atom. The van der Waals surface area contributed by atoms with E-state index in [-0.39, 0.29) is 30.9 Å². The number of aliphatic hydroxyl groups excluding tert-OH is 1. The summed E-state index contributed by atoms with van der Waals surface area (Å²) in [5, 5.41) is 10.4. The second kappa shape index (κ2) is 12.2. The predicted molar refractivity (Wildman–Crippen MR) is 171 cm³/mol. The summed E-state index contributed by atoms with van der Waals surface area (Å²) in [4.78, 5) is 48.9. The number of carbonyl (C=O) groups excluding carboxylic acids is 3. The van der Waals surface area contributed by atoms with Gasteiger partial charge in [-0.15, -0.1) is 24.9 Å². The van der Waals surface area contributed by atoms with Crippen LogP contribution < -0.4 is 14.5 Å². The summed E-state index contributed by atoms with van der Waals surface area (Å²) in [5.74, 6) is -1.26. The standard InChI is InChI=1S/C34H41N3O5S/c1-6-20-35(24-12-10-9-11-13-24)30(39)27-28-31(40)37(23(8-3)22-38)29(34(28)19-18-33(27,4)43-34)32(41)36(21-7-2)25-14-16-26(42-5)17-15-25/h6-7,9-17,23,27-29,38H,1-2,8,18-22H2,3-5H3/t23-,27+,28-,29?,33-,34?/m0/s1. The van der Waals surface area contributed by atoms with Gasteiger partial charge in [0.25, 0.3) is 5.91 Å². The van der Waals surface area contributed by atoms with Crippen LogP contribution in [0.2, 0.25) is 0 Å². The zero-order valence-corrected chi connectivity index (χ0v) is 26.0. The number of likely N-dealkylation sites (tertiary alicyclic amines) is 1. The summed E-state index contributed by atoms with van der Waals surface area (Å²) in [5.41, 5.74) is 1.40. The van der Waals surface area contributed by atoms with Crippen molar-refractivity contribution < 1.29 is 24.2 Å². The molecule has 3 heterocycles. The van der Waals surface area contributed by atoms with Gasteiger partial charge in [0.1, 0.15) is 11.8 Å². The molecule has 1 spiro atoms. The molecule has 0 aliphatic carbocycles. The smallest absolute Gasteiger partial charge is 0.251 e. The van der Waals surface area contributed by atoms with Gasteiger partial charge in [-0.2, -0.15) is 0 Å². The molecule has 0 saturated carbocycles. The van der Waals surface area contributed by atoms with Crippen molar-refractivity contribution in [2.24, 2.45) is 11.8 Å². The SMILES string of the molecule is C=CCN(C(=O)C1N([C@@H](CC)CO)C(=O)[C@@H]2[C@H](C(=O)N(CC=C)c3ccccc3)[C@]3(C)CCC12S3)c1ccc(OC)cc1. The molecule has 8 nitrogen and oxygen atoms in total. The fourth-order valence-corrected chi connectivity index (χ4v) is 9.75. The number of benzene rings is 2. The molecular formula is C34H41N3O5S. The number of fused-ring (bicyclic) bond motifs is 1. The lowest BCUT2D eigenvalue weighted by atomic mass is 9.66. The molecular weight excluding hydrogens is 562 g/mol. The second-order valence-corrected chi connectivity index (χ2v) is 13.6. The van der Waals surface area contributed by atoms with Crippen LogP contribution in [-0.4, -0.2) is 76.1 Å². The number of ether oxygens (including phenoxy) is 1. The molecule has 3 amide bonds. The number of hydrogen-bond donors (Lipinski definition) is 1. The quantitative estimate of drug-likeness (QED) is 0.354. The van der Waals surface area contributed by atoms with Crippen LogP contribution in [0.15, 0.2) is 79.9 Å². The summed E-state index contributed by atoms with van der Waals surface area (Å²) in [7, 11) is 1.59. The van der Waals surface area contributed by atoms with Crippen LogP contribution in [0, 0.1) is 11.8 Å². The number of hydrogen-bond acceptors (Lipinski definition) is 6. The molecule has 5 rings (SSSR count). The Bertz CT molecular complexity index is 1380. The van der Waals surface area contributed by atoms with Crippen molar-refractivity contribution in [2.45, 2.75) is 54.7 Å². The Labute approximate surface area is 258 Å². The highest BCUT2D eigenvalue weighted by molar-refractivity contribution is 8.02. The van der Waals surface area contributed by atoms with Crippen LogP contribution in [-0.2, 0) is 14.4 Å². The highest BCUT2D eigenvalue weighted by Crippen LogP contribution is 2.72. The van der Waals surface area contributed by atoms with E-state index in [9.17, 15) is 19.5 Å². The maximum absolute atomic E-state index is 14.8. The average Bonchev–Trinajstić information content (AvgIpc) is 3.60. The minimum Gasteiger partial charge on any atom is -0.497 e. The fraction of sp³-hybridized carbons (Fsp3) is 0.441. The van der Waals surface area contributed by atoms with E-state index in [1.807, 2.05) is 49.4 Å². The van der Waals surface area contributed by atoms with E-state index in [1.165, 1.54) is 0 Å². The average molecular weight is 604 g/mol. The number of anilines is 2. The molecule has 228 valence electrons. The number of amides is 3. The zero-order valence-electron chi connectivity index (χ0n) is 25.1. The van der Waals surface area contributed by atoms with Gasteiger partial charge in [-0.05, 0) is 62.6 Å². The highest BCUT2D eigenvalue weighted by Gasteiger charge is 2.78. The second-order valence-electron chi connectivity index (χ2n) is 11.7. The molecule has 2 aromatic carbocycles. The predicted octanol–water partition coefficient (Wildman–Crippen LogP) is 4.69. The van der Waals surface area contributed by atoms with Gasteiger partial charge in [-0.25, -0.2) is 0 Å². The topological polar surface area (TPSA) is 90.4 Å². The minimum absolute atomic E-state index is 0.135. The van der Waals surface area contributed by atoms with Gasteiger partial charge in [0.05, 0.1) is 36.3 Å². The Morgan fingerprint density at radius 1 is 1.05 bits per heavy atom. The molecule has 43 heavy (non-hydrogen) atoms. The van der Waals surface area contributed by atoms with Crippen LogP contribution in [0.5, 0.6) is 5.75 Å². The van der Waals surface area contributed by atoms with Gasteiger partial charge in [0.15, 0.2) is 0 Å². The van der Waals surface area contributed by atoms with E-state index in [2.05, 4.69) is 20.1 Å². The number of nitrogens with zero attached hydrogens (tertiary/aromatic N) is 3. The fourth-order valence-electron chi connectivity index (χ4n) is 7.42. The first kappa shape index (κ1) is 30.9. The Kier molecular flexibility index (Phi) is 8.77. The normalized spacial score (nSPS) is 27.9. The summed E-state index contributed by atoms with van der Waals surface area (Å²) < 4.78 is 3.98. The Balaban J connectivity index is 1.61. The molecule has 1 N–H and O–H groups in total. The van der Waals surface area contributed by atoms with E-state index < -0.39 is 33.4 Å². The van der Waals surface area contributed by atoms with Crippen LogP contribution in [0.3, 0.4) is 0 Å². The minimum atomic E-state index is -0.849. The van der Waals surface area contributed by atoms with Crippen molar-refractivity contribution in [3.8, 4) is 5.75 Å². The van der Waals surface area contributed by atoms with Crippen molar-refractivity contribution in [1.29, 1.82) is 0 Å². The van der Waals surface area contributed by atoms with Crippen LogP contribution in [0.1, 0.15) is 33.1 Å². The highest BCUT2D eigenvalue weighted by atomic mass is 32.2. The van der Waals surface area contributed by atoms with Gasteiger partial charge < -0.3 is 24.5 Å². The van der Waals surface area contributed by atoms with Crippen molar-refractivity contribution in [3.05, 3.63) is 79.9 Å². The first-order valence-corrected chi connectivity index (χ1v) is 15.7. The van der Waals surface area contributed by atoms with Gasteiger partial charge in [0, 0.05) is 29.2 Å². The molecule has 3 aliphatic heterocycles. The van der Waals surface area contributed by atoms with E-state index in [4.69, 9.17) is 4.74 Å². The van der Waals surface area contributed by atoms with Crippen molar-refractivity contribution in [2.75, 3.05) is 36.6 Å². The Hall–Kier alpha value is -3.56.